The molecule has 0 radical (unpaired) electrons. The zero-order chi connectivity index (χ0) is 27.7. The number of fused-ring (bicyclic) bond motifs is 2. The maximum Gasteiger partial charge on any atom is 0.268 e. The average Bonchev–Trinajstić information content (AvgIpc) is 3.31. The van der Waals surface area contributed by atoms with E-state index in [4.69, 9.17) is 0 Å². The minimum absolute atomic E-state index is 0.0260. The Bertz CT molecular complexity index is 1400. The molecule has 2 heterocycles. The quantitative estimate of drug-likeness (QED) is 0.480. The van der Waals surface area contributed by atoms with Gasteiger partial charge in [-0.1, -0.05) is 24.3 Å². The summed E-state index contributed by atoms with van der Waals surface area (Å²) in [5.41, 5.74) is 6.53. The number of hydrogen-bond donors (Lipinski definition) is 2. The third-order valence-corrected chi connectivity index (χ3v) is 8.10. The molecule has 0 saturated heterocycles. The number of carbonyl (C=O) groups excluding carboxylic acids is 3. The molecule has 1 fully saturated rings. The van der Waals surface area contributed by atoms with E-state index < -0.39 is 0 Å². The standard InChI is InChI=1S/C31H37N5O3/c1-21-18-24(8-11-26(21)30(39)34(3)4)20-35-16-17-36-27(12-13-28(36)31(35)14-5-15-31)29(38)32-19-23-6-9-25(10-7-23)33-22(2)37/h6-13,18H,5,14-17,19-20H2,1-4H3,(H,32,38)(H,33,37). The van der Waals surface area contributed by atoms with Crippen molar-refractivity contribution in [3.05, 3.63) is 88.2 Å². The summed E-state index contributed by atoms with van der Waals surface area (Å²) in [6.07, 6.45) is 3.33. The number of aryl methyl sites for hydroxylation is 1. The van der Waals surface area contributed by atoms with E-state index in [0.717, 1.165) is 54.9 Å². The summed E-state index contributed by atoms with van der Waals surface area (Å²) in [7, 11) is 3.56. The molecule has 2 N–H and O–H groups in total. The molecule has 3 amide bonds. The highest BCUT2D eigenvalue weighted by molar-refractivity contribution is 5.95. The van der Waals surface area contributed by atoms with Crippen LogP contribution in [0.2, 0.25) is 0 Å². The van der Waals surface area contributed by atoms with Crippen LogP contribution >= 0.6 is 0 Å². The second-order valence-corrected chi connectivity index (χ2v) is 11.0. The van der Waals surface area contributed by atoms with Crippen molar-refractivity contribution in [2.24, 2.45) is 0 Å². The number of aromatic nitrogens is 1. The van der Waals surface area contributed by atoms with Crippen LogP contribution in [0.4, 0.5) is 5.69 Å². The molecule has 5 rings (SSSR count). The Labute approximate surface area is 230 Å². The molecular weight excluding hydrogens is 490 g/mol. The predicted octanol–water partition coefficient (Wildman–Crippen LogP) is 4.28. The highest BCUT2D eigenvalue weighted by atomic mass is 16.2. The van der Waals surface area contributed by atoms with E-state index in [1.807, 2.05) is 43.3 Å². The van der Waals surface area contributed by atoms with Crippen LogP contribution < -0.4 is 10.6 Å². The smallest absolute Gasteiger partial charge is 0.268 e. The van der Waals surface area contributed by atoms with E-state index in [-0.39, 0.29) is 23.3 Å². The number of rotatable bonds is 7. The molecule has 0 unspecified atom stereocenters. The first-order valence-electron chi connectivity index (χ1n) is 13.6. The van der Waals surface area contributed by atoms with Crippen LogP contribution in [-0.4, -0.2) is 52.7 Å². The van der Waals surface area contributed by atoms with Crippen LogP contribution in [-0.2, 0) is 30.0 Å². The van der Waals surface area contributed by atoms with Gasteiger partial charge in [-0.15, -0.1) is 0 Å². The van der Waals surface area contributed by atoms with Crippen LogP contribution in [0.3, 0.4) is 0 Å². The van der Waals surface area contributed by atoms with Gasteiger partial charge in [0.25, 0.3) is 11.8 Å². The van der Waals surface area contributed by atoms with Crippen molar-refractivity contribution in [1.82, 2.24) is 19.7 Å². The summed E-state index contributed by atoms with van der Waals surface area (Å²) in [5.74, 6) is -0.161. The largest absolute Gasteiger partial charge is 0.347 e. The molecule has 8 heteroatoms. The minimum Gasteiger partial charge on any atom is -0.347 e. The third-order valence-electron chi connectivity index (χ3n) is 8.10. The van der Waals surface area contributed by atoms with E-state index in [0.29, 0.717) is 12.2 Å². The van der Waals surface area contributed by atoms with E-state index in [1.165, 1.54) is 24.6 Å². The summed E-state index contributed by atoms with van der Waals surface area (Å²) < 4.78 is 2.20. The molecule has 1 saturated carbocycles. The molecule has 1 aliphatic carbocycles. The summed E-state index contributed by atoms with van der Waals surface area (Å²) in [6, 6.07) is 17.7. The Balaban J connectivity index is 1.28. The van der Waals surface area contributed by atoms with Crippen LogP contribution in [0.15, 0.2) is 54.6 Å². The van der Waals surface area contributed by atoms with Gasteiger partial charge in [-0.3, -0.25) is 19.3 Å². The molecule has 8 nitrogen and oxygen atoms in total. The first-order chi connectivity index (χ1) is 18.7. The number of nitrogens with one attached hydrogen (secondary N) is 2. The summed E-state index contributed by atoms with van der Waals surface area (Å²) in [4.78, 5) is 41.1. The highest BCUT2D eigenvalue weighted by Gasteiger charge is 2.48. The number of carbonyl (C=O) groups is 3. The van der Waals surface area contributed by atoms with Gasteiger partial charge in [-0.05, 0) is 73.2 Å². The zero-order valence-corrected chi connectivity index (χ0v) is 23.2. The van der Waals surface area contributed by atoms with Crippen LogP contribution in [0.25, 0.3) is 0 Å². The van der Waals surface area contributed by atoms with Gasteiger partial charge in [0.05, 0.1) is 5.54 Å². The predicted molar refractivity (Wildman–Crippen MR) is 151 cm³/mol. The Morgan fingerprint density at radius 3 is 2.28 bits per heavy atom. The average molecular weight is 528 g/mol. The fourth-order valence-electron chi connectivity index (χ4n) is 5.93. The fraction of sp³-hybridized carbons (Fsp3) is 0.387. The SMILES string of the molecule is CC(=O)Nc1ccc(CNC(=O)c2ccc3n2CCN(Cc2ccc(C(=O)N(C)C)c(C)c2)C32CCC2)cc1. The summed E-state index contributed by atoms with van der Waals surface area (Å²) in [6.45, 7) is 6.34. The van der Waals surface area contributed by atoms with Gasteiger partial charge in [0.15, 0.2) is 0 Å². The van der Waals surface area contributed by atoms with Gasteiger partial charge in [0.2, 0.25) is 5.91 Å². The first-order valence-corrected chi connectivity index (χ1v) is 13.6. The minimum atomic E-state index is -0.110. The number of nitrogens with zero attached hydrogens (tertiary/aromatic N) is 3. The second-order valence-electron chi connectivity index (χ2n) is 11.0. The Morgan fingerprint density at radius 1 is 0.949 bits per heavy atom. The van der Waals surface area contributed by atoms with Gasteiger partial charge in [-0.2, -0.15) is 0 Å². The zero-order valence-electron chi connectivity index (χ0n) is 23.2. The maximum absolute atomic E-state index is 13.2. The van der Waals surface area contributed by atoms with Gasteiger partial charge in [-0.25, -0.2) is 0 Å². The number of benzene rings is 2. The van der Waals surface area contributed by atoms with Gasteiger partial charge in [0, 0.05) is 64.1 Å². The topological polar surface area (TPSA) is 86.7 Å². The molecule has 3 aromatic rings. The molecule has 204 valence electrons. The number of amides is 3. The van der Waals surface area contributed by atoms with Crippen molar-refractivity contribution in [2.45, 2.75) is 58.3 Å². The Kier molecular flexibility index (Phi) is 7.32. The normalized spacial score (nSPS) is 15.8. The molecule has 39 heavy (non-hydrogen) atoms. The number of anilines is 1. The monoisotopic (exact) mass is 527 g/mol. The molecule has 1 aromatic heterocycles. The highest BCUT2D eigenvalue weighted by Crippen LogP contribution is 2.49. The molecule has 1 spiro atoms. The van der Waals surface area contributed by atoms with E-state index in [1.54, 1.807) is 19.0 Å². The molecule has 0 atom stereocenters. The molecule has 2 aliphatic rings. The van der Waals surface area contributed by atoms with Gasteiger partial charge in [0.1, 0.15) is 5.69 Å². The van der Waals surface area contributed by atoms with Crippen molar-refractivity contribution in [3.63, 3.8) is 0 Å². The maximum atomic E-state index is 13.2. The molecule has 2 aromatic carbocycles. The Hall–Kier alpha value is -3.91. The van der Waals surface area contributed by atoms with Crippen molar-refractivity contribution >= 4 is 23.4 Å². The third kappa shape index (κ3) is 5.21. The lowest BCUT2D eigenvalue weighted by Gasteiger charge is -2.53. The van der Waals surface area contributed by atoms with E-state index in [9.17, 15) is 14.4 Å². The Morgan fingerprint density at radius 2 is 1.67 bits per heavy atom. The lowest BCUT2D eigenvalue weighted by molar-refractivity contribution is -0.114. The molecule has 0 bridgehead atoms. The summed E-state index contributed by atoms with van der Waals surface area (Å²) in [5, 5.41) is 5.82. The van der Waals surface area contributed by atoms with Crippen molar-refractivity contribution in [3.8, 4) is 0 Å². The lowest BCUT2D eigenvalue weighted by Crippen LogP contribution is -2.56. The van der Waals surface area contributed by atoms with Crippen LogP contribution in [0.1, 0.15) is 69.4 Å². The van der Waals surface area contributed by atoms with Crippen LogP contribution in [0.5, 0.6) is 0 Å². The molecular formula is C31H37N5O3. The van der Waals surface area contributed by atoms with Crippen molar-refractivity contribution in [2.75, 3.05) is 26.0 Å². The second kappa shape index (κ2) is 10.7. The van der Waals surface area contributed by atoms with Gasteiger partial charge < -0.3 is 20.1 Å². The van der Waals surface area contributed by atoms with Crippen molar-refractivity contribution in [1.29, 1.82) is 0 Å². The molecule has 1 aliphatic heterocycles. The van der Waals surface area contributed by atoms with Gasteiger partial charge >= 0.3 is 0 Å². The lowest BCUT2D eigenvalue weighted by atomic mass is 9.71. The van der Waals surface area contributed by atoms with Crippen LogP contribution in [0, 0.1) is 6.92 Å². The summed E-state index contributed by atoms with van der Waals surface area (Å²) >= 11 is 0. The van der Waals surface area contributed by atoms with E-state index in [2.05, 4.69) is 38.3 Å². The van der Waals surface area contributed by atoms with E-state index >= 15 is 0 Å². The van der Waals surface area contributed by atoms with Crippen molar-refractivity contribution < 1.29 is 14.4 Å². The first kappa shape index (κ1) is 26.7. The fourth-order valence-corrected chi connectivity index (χ4v) is 5.93. The number of hydrogen-bond acceptors (Lipinski definition) is 4.